The van der Waals surface area contributed by atoms with Crippen LogP contribution in [0.1, 0.15) is 40.0 Å². The zero-order valence-electron chi connectivity index (χ0n) is 44.7. The number of hydrogen-bond acceptors (Lipinski definition) is 3. The number of ether oxygens (including phenoxy) is 1. The molecule has 0 N–H and O–H groups in total. The Morgan fingerprint density at radius 1 is 0.594 bits per heavy atom. The van der Waals surface area contributed by atoms with Gasteiger partial charge in [-0.15, -0.1) is 17.5 Å². The van der Waals surface area contributed by atoms with Gasteiger partial charge in [0.25, 0.3) is 6.33 Å². The summed E-state index contributed by atoms with van der Waals surface area (Å²) >= 11 is 0. The summed E-state index contributed by atoms with van der Waals surface area (Å²) in [4.78, 5) is 9.55. The van der Waals surface area contributed by atoms with Crippen LogP contribution in [0.25, 0.3) is 83.5 Å². The van der Waals surface area contributed by atoms with E-state index in [0.717, 1.165) is 44.3 Å². The van der Waals surface area contributed by atoms with Crippen LogP contribution >= 0.6 is 0 Å². The molecule has 0 radical (unpaired) electrons. The maximum atomic E-state index is 9.01. The van der Waals surface area contributed by atoms with Gasteiger partial charge in [0.15, 0.2) is 0 Å². The van der Waals surface area contributed by atoms with E-state index in [1.807, 2.05) is 54.7 Å². The van der Waals surface area contributed by atoms with Crippen molar-refractivity contribution in [2.75, 3.05) is 0 Å². The second kappa shape index (κ2) is 16.7. The van der Waals surface area contributed by atoms with Crippen molar-refractivity contribution in [2.24, 2.45) is 0 Å². The maximum absolute atomic E-state index is 9.01. The quantitative estimate of drug-likeness (QED) is 0.113. The number of benzene rings is 7. The van der Waals surface area contributed by atoms with Crippen molar-refractivity contribution in [1.82, 2.24) is 19.1 Å². The molecule has 0 amide bonds. The number of hydrogen-bond donors (Lipinski definition) is 0. The van der Waals surface area contributed by atoms with Crippen LogP contribution in [0.3, 0.4) is 0 Å². The van der Waals surface area contributed by atoms with Gasteiger partial charge in [0.05, 0.1) is 36.2 Å². The van der Waals surface area contributed by atoms with Gasteiger partial charge in [-0.1, -0.05) is 178 Å². The summed E-state index contributed by atoms with van der Waals surface area (Å²) in [5, 5.41) is 1.97. The van der Waals surface area contributed by atoms with Gasteiger partial charge in [0.1, 0.15) is 5.82 Å². The number of imidazole rings is 1. The Kier molecular flexibility index (Phi) is 7.99. The molecule has 0 unspecified atom stereocenters. The molecule has 64 heavy (non-hydrogen) atoms. The first kappa shape index (κ1) is 30.6. The number of rotatable bonds is 8. The van der Waals surface area contributed by atoms with E-state index >= 15 is 0 Å². The number of nitrogens with zero attached hydrogens (tertiary/aromatic N) is 5. The molecule has 0 saturated carbocycles. The van der Waals surface area contributed by atoms with Gasteiger partial charge in [0, 0.05) is 38.5 Å². The van der Waals surface area contributed by atoms with Crippen molar-refractivity contribution in [2.45, 2.75) is 26.2 Å². The Bertz CT molecular complexity index is 3930. The number of fused-ring (bicyclic) bond motifs is 4. The molecule has 0 fully saturated rings. The second-order valence-electron chi connectivity index (χ2n) is 16.0. The fourth-order valence-corrected chi connectivity index (χ4v) is 8.03. The zero-order chi connectivity index (χ0) is 51.2. The zero-order valence-corrected chi connectivity index (χ0v) is 36.9. The predicted molar refractivity (Wildman–Crippen MR) is 253 cm³/mol. The summed E-state index contributed by atoms with van der Waals surface area (Å²) in [7, 11) is 0. The van der Waals surface area contributed by atoms with Gasteiger partial charge in [-0.2, -0.15) is 18.2 Å². The molecule has 0 aliphatic carbocycles. The van der Waals surface area contributed by atoms with Crippen LogP contribution < -0.4 is 9.30 Å². The minimum absolute atomic E-state index is 0. The molecule has 0 atom stereocenters. The van der Waals surface area contributed by atoms with Crippen molar-refractivity contribution in [1.29, 1.82) is 0 Å². The molecule has 0 aliphatic heterocycles. The van der Waals surface area contributed by atoms with Gasteiger partial charge in [-0.25, -0.2) is 4.98 Å². The average molecular weight is 1020 g/mol. The Hall–Kier alpha value is -7.40. The summed E-state index contributed by atoms with van der Waals surface area (Å²) in [6, 6.07) is 39.7. The van der Waals surface area contributed by atoms with Gasteiger partial charge in [-0.3, -0.25) is 14.1 Å². The van der Waals surface area contributed by atoms with Crippen LogP contribution in [0.2, 0.25) is 0 Å². The molecule has 11 rings (SSSR count). The third-order valence-corrected chi connectivity index (χ3v) is 11.0. The van der Waals surface area contributed by atoms with Crippen LogP contribution in [0.4, 0.5) is 0 Å². The molecule has 0 bridgehead atoms. The Balaban J connectivity index is 0.00000626. The van der Waals surface area contributed by atoms with Crippen molar-refractivity contribution in [3.63, 3.8) is 0 Å². The Morgan fingerprint density at radius 2 is 1.28 bits per heavy atom. The topological polar surface area (TPSA) is 48.8 Å². The van der Waals surface area contributed by atoms with Crippen LogP contribution in [-0.4, -0.2) is 19.1 Å². The van der Waals surface area contributed by atoms with E-state index in [4.69, 9.17) is 23.4 Å². The molecule has 7 heteroatoms. The summed E-state index contributed by atoms with van der Waals surface area (Å²) in [5.74, 6) is 1.66. The first-order valence-electron chi connectivity index (χ1n) is 25.3. The standard InChI is InChI=1S/C57H41N5O.Pt/c1-57(2,3)43-30-32-59-55(35-43)62-50-29-26-42(39-16-7-4-8-17-39)34-49(50)48-28-27-44(36-53(48)62)63-45-31-33-58-54(37-45)60-38-61(52-25-14-13-24-51(52)60)56-46(40-18-9-5-10-19-40)22-15-23-47(56)41-20-11-6-12-21-41;/h4-35H,1-3H3;/q-2;/i5D,6D,9D,10D,11D,12D,18D,19D,20D,21D;. The maximum Gasteiger partial charge on any atom is 0.269 e. The van der Waals surface area contributed by atoms with E-state index in [-0.39, 0.29) is 60.2 Å². The number of aromatic nitrogens is 5. The Labute approximate surface area is 401 Å². The van der Waals surface area contributed by atoms with Crippen LogP contribution in [0.5, 0.6) is 11.5 Å². The minimum Gasteiger partial charge on any atom is -0.522 e. The molecule has 0 saturated heterocycles. The van der Waals surface area contributed by atoms with E-state index in [1.54, 1.807) is 51.7 Å². The van der Waals surface area contributed by atoms with Gasteiger partial charge >= 0.3 is 0 Å². The normalized spacial score (nSPS) is 13.7. The van der Waals surface area contributed by atoms with Crippen molar-refractivity contribution >= 4 is 32.8 Å². The fraction of sp³-hybridized carbons (Fsp3) is 0.0702. The fourth-order valence-electron chi connectivity index (χ4n) is 8.03. The molecule has 0 aliphatic rings. The van der Waals surface area contributed by atoms with E-state index in [9.17, 15) is 0 Å². The van der Waals surface area contributed by atoms with Crippen LogP contribution in [-0.2, 0) is 26.5 Å². The third kappa shape index (κ3) is 7.40. The molecule has 11 aromatic rings. The summed E-state index contributed by atoms with van der Waals surface area (Å²) < 4.78 is 98.9. The van der Waals surface area contributed by atoms with Crippen molar-refractivity contribution in [3.05, 3.63) is 218 Å². The van der Waals surface area contributed by atoms with Crippen LogP contribution in [0, 0.1) is 18.5 Å². The van der Waals surface area contributed by atoms with Gasteiger partial charge < -0.3 is 9.30 Å². The SMILES string of the molecule is [2H]c1c([2H])c([2H])c(-c2cccc(-c3c([2H])c([2H])c([2H])c([2H])c3[2H])c2-[n+]2[c-]n(-c3[c-]c(Oc4[c-]c5c(cc4)c4cc(-c6ccccc6)ccc4n5-c4cc(C(C)(C)C)ccn4)ccn3)c3ccccc32)c([2H])c1[2H].[Pt]. The summed E-state index contributed by atoms with van der Waals surface area (Å²) in [6.45, 7) is 6.50. The number of para-hydroxylation sites is 3. The summed E-state index contributed by atoms with van der Waals surface area (Å²) in [5.41, 5.74) is 5.96. The molecule has 7 aromatic carbocycles. The van der Waals surface area contributed by atoms with E-state index in [1.165, 1.54) is 0 Å². The predicted octanol–water partition coefficient (Wildman–Crippen LogP) is 13.3. The average Bonchev–Trinajstić information content (AvgIpc) is 3.94. The van der Waals surface area contributed by atoms with E-state index in [0.29, 0.717) is 22.5 Å². The van der Waals surface area contributed by atoms with Crippen LogP contribution in [0.15, 0.2) is 194 Å². The largest absolute Gasteiger partial charge is 0.522 e. The first-order chi connectivity index (χ1) is 35.0. The monoisotopic (exact) mass is 1020 g/mol. The third-order valence-electron chi connectivity index (χ3n) is 11.0. The van der Waals surface area contributed by atoms with E-state index in [2.05, 4.69) is 85.2 Å². The Morgan fingerprint density at radius 3 is 2.02 bits per heavy atom. The van der Waals surface area contributed by atoms with E-state index < -0.39 is 60.4 Å². The molecule has 4 heterocycles. The molecule has 4 aromatic heterocycles. The molecule has 0 spiro atoms. The van der Waals surface area contributed by atoms with Gasteiger partial charge in [0.2, 0.25) is 0 Å². The minimum atomic E-state index is -0.582. The molecular formula is C57H41N5OPt-2. The van der Waals surface area contributed by atoms with Gasteiger partial charge in [-0.05, 0) is 73.7 Å². The first-order valence-corrected chi connectivity index (χ1v) is 20.3. The second-order valence-corrected chi connectivity index (χ2v) is 16.0. The summed E-state index contributed by atoms with van der Waals surface area (Å²) in [6.07, 6.45) is 6.74. The van der Waals surface area contributed by atoms with Crippen molar-refractivity contribution in [3.8, 4) is 62.2 Å². The molecule has 6 nitrogen and oxygen atoms in total. The molecular weight excluding hydrogens is 966 g/mol. The van der Waals surface area contributed by atoms with Crippen molar-refractivity contribution < 1.29 is 44.1 Å². The smallest absolute Gasteiger partial charge is 0.269 e. The number of pyridine rings is 2. The molecule has 312 valence electrons.